The maximum Gasteiger partial charge on any atom is 0.160 e. The summed E-state index contributed by atoms with van der Waals surface area (Å²) in [6.07, 6.45) is 5.20. The van der Waals surface area contributed by atoms with E-state index in [9.17, 15) is 17.6 Å². The summed E-state index contributed by atoms with van der Waals surface area (Å²) >= 11 is 0. The SMILES string of the molecule is CCC1CCC(c2cc(F)c(C#Cc3ccc(F)c(F)c3)c(F)c2)CC1. The Morgan fingerprint density at radius 1 is 0.808 bits per heavy atom. The summed E-state index contributed by atoms with van der Waals surface area (Å²) in [4.78, 5) is 0. The molecule has 0 bridgehead atoms. The first-order chi connectivity index (χ1) is 12.5. The molecule has 0 heterocycles. The summed E-state index contributed by atoms with van der Waals surface area (Å²) in [6.45, 7) is 2.17. The van der Waals surface area contributed by atoms with Crippen LogP contribution in [-0.4, -0.2) is 0 Å². The van der Waals surface area contributed by atoms with Crippen molar-refractivity contribution >= 4 is 0 Å². The predicted octanol–water partition coefficient (Wildman–Crippen LogP) is 6.33. The van der Waals surface area contributed by atoms with Gasteiger partial charge in [-0.3, -0.25) is 0 Å². The zero-order valence-corrected chi connectivity index (χ0v) is 14.6. The van der Waals surface area contributed by atoms with E-state index in [1.165, 1.54) is 18.2 Å². The molecule has 0 nitrogen and oxygen atoms in total. The van der Waals surface area contributed by atoms with Gasteiger partial charge in [0.25, 0.3) is 0 Å². The molecule has 0 unspecified atom stereocenters. The van der Waals surface area contributed by atoms with Gasteiger partial charge in [-0.2, -0.15) is 0 Å². The standard InChI is InChI=1S/C22H20F4/c1-2-14-3-7-16(8-4-14)17-12-20(24)18(21(25)13-17)9-5-15-6-10-19(23)22(26)11-15/h6,10-14,16H,2-4,7-8H2,1H3. The van der Waals surface area contributed by atoms with Crippen LogP contribution in [0.3, 0.4) is 0 Å². The second kappa shape index (κ2) is 7.95. The van der Waals surface area contributed by atoms with Crippen LogP contribution in [0.5, 0.6) is 0 Å². The highest BCUT2D eigenvalue weighted by molar-refractivity contribution is 5.45. The number of halogens is 4. The van der Waals surface area contributed by atoms with Crippen LogP contribution in [0.15, 0.2) is 30.3 Å². The third-order valence-electron chi connectivity index (χ3n) is 5.21. The Bertz CT molecular complexity index is 829. The topological polar surface area (TPSA) is 0 Å². The van der Waals surface area contributed by atoms with Crippen molar-refractivity contribution in [1.82, 2.24) is 0 Å². The normalized spacial score (nSPS) is 19.7. The molecule has 0 radical (unpaired) electrons. The lowest BCUT2D eigenvalue weighted by atomic mass is 9.77. The molecule has 0 aliphatic heterocycles. The number of hydrogen-bond acceptors (Lipinski definition) is 0. The fourth-order valence-electron chi connectivity index (χ4n) is 3.56. The van der Waals surface area contributed by atoms with Gasteiger partial charge in [-0.25, -0.2) is 17.6 Å². The van der Waals surface area contributed by atoms with Gasteiger partial charge in [-0.05, 0) is 73.4 Å². The lowest BCUT2D eigenvalue weighted by molar-refractivity contribution is 0.318. The van der Waals surface area contributed by atoms with Crippen LogP contribution in [0.4, 0.5) is 17.6 Å². The largest absolute Gasteiger partial charge is 0.206 e. The number of benzene rings is 2. The molecule has 0 amide bonds. The highest BCUT2D eigenvalue weighted by Gasteiger charge is 2.23. The smallest absolute Gasteiger partial charge is 0.160 e. The van der Waals surface area contributed by atoms with Crippen molar-refractivity contribution in [3.05, 3.63) is 70.3 Å². The Balaban J connectivity index is 1.82. The second-order valence-electron chi connectivity index (χ2n) is 6.86. The fourth-order valence-corrected chi connectivity index (χ4v) is 3.56. The van der Waals surface area contributed by atoms with E-state index in [4.69, 9.17) is 0 Å². The van der Waals surface area contributed by atoms with Gasteiger partial charge < -0.3 is 0 Å². The van der Waals surface area contributed by atoms with Gasteiger partial charge in [-0.1, -0.05) is 25.2 Å². The molecule has 2 aromatic rings. The third kappa shape index (κ3) is 4.09. The summed E-state index contributed by atoms with van der Waals surface area (Å²) in [6, 6.07) is 5.81. The number of hydrogen-bond donors (Lipinski definition) is 0. The quantitative estimate of drug-likeness (QED) is 0.434. The van der Waals surface area contributed by atoms with E-state index in [0.717, 1.165) is 44.2 Å². The molecule has 3 rings (SSSR count). The van der Waals surface area contributed by atoms with Crippen molar-refractivity contribution < 1.29 is 17.6 Å². The van der Waals surface area contributed by atoms with Gasteiger partial charge in [-0.15, -0.1) is 0 Å². The summed E-state index contributed by atoms with van der Waals surface area (Å²) in [5.74, 6) is 2.31. The monoisotopic (exact) mass is 360 g/mol. The van der Waals surface area contributed by atoms with E-state index in [1.54, 1.807) is 0 Å². The molecule has 0 N–H and O–H groups in total. The molecule has 1 fully saturated rings. The summed E-state index contributed by atoms with van der Waals surface area (Å²) < 4.78 is 54.9. The minimum absolute atomic E-state index is 0.157. The predicted molar refractivity (Wildman–Crippen MR) is 93.7 cm³/mol. The highest BCUT2D eigenvalue weighted by Crippen LogP contribution is 2.37. The maximum atomic E-state index is 14.4. The van der Waals surface area contributed by atoms with Gasteiger partial charge in [0.1, 0.15) is 11.6 Å². The van der Waals surface area contributed by atoms with Crippen LogP contribution < -0.4 is 0 Å². The highest BCUT2D eigenvalue weighted by atomic mass is 19.2. The van der Waals surface area contributed by atoms with Crippen molar-refractivity contribution in [2.24, 2.45) is 5.92 Å². The summed E-state index contributed by atoms with van der Waals surface area (Å²) in [5, 5.41) is 0. The molecule has 1 saturated carbocycles. The zero-order chi connectivity index (χ0) is 18.7. The molecule has 2 aromatic carbocycles. The lowest BCUT2D eigenvalue weighted by Crippen LogP contribution is -2.13. The lowest BCUT2D eigenvalue weighted by Gasteiger charge is -2.28. The van der Waals surface area contributed by atoms with E-state index in [0.29, 0.717) is 11.5 Å². The number of rotatable bonds is 2. The Hall–Kier alpha value is -2.28. The Morgan fingerprint density at radius 2 is 1.46 bits per heavy atom. The Kier molecular flexibility index (Phi) is 5.66. The summed E-state index contributed by atoms with van der Waals surface area (Å²) in [7, 11) is 0. The van der Waals surface area contributed by atoms with Crippen LogP contribution >= 0.6 is 0 Å². The summed E-state index contributed by atoms with van der Waals surface area (Å²) in [5.41, 5.74) is 0.485. The van der Waals surface area contributed by atoms with Gasteiger partial charge in [0, 0.05) is 5.56 Å². The van der Waals surface area contributed by atoms with Crippen molar-refractivity contribution in [3.63, 3.8) is 0 Å². The van der Waals surface area contributed by atoms with Crippen LogP contribution in [0, 0.1) is 41.0 Å². The average molecular weight is 360 g/mol. The third-order valence-corrected chi connectivity index (χ3v) is 5.21. The van der Waals surface area contributed by atoms with E-state index in [2.05, 4.69) is 18.8 Å². The first-order valence-electron chi connectivity index (χ1n) is 8.94. The van der Waals surface area contributed by atoms with Crippen LogP contribution in [0.1, 0.15) is 61.6 Å². The second-order valence-corrected chi connectivity index (χ2v) is 6.86. The van der Waals surface area contributed by atoms with E-state index in [-0.39, 0.29) is 17.0 Å². The minimum Gasteiger partial charge on any atom is -0.206 e. The van der Waals surface area contributed by atoms with Crippen LogP contribution in [0.2, 0.25) is 0 Å². The Morgan fingerprint density at radius 3 is 2.04 bits per heavy atom. The van der Waals surface area contributed by atoms with E-state index >= 15 is 0 Å². The molecule has 136 valence electrons. The van der Waals surface area contributed by atoms with Crippen molar-refractivity contribution in [3.8, 4) is 11.8 Å². The van der Waals surface area contributed by atoms with Crippen LogP contribution in [0.25, 0.3) is 0 Å². The molecule has 0 aromatic heterocycles. The van der Waals surface area contributed by atoms with Gasteiger partial charge in [0.2, 0.25) is 0 Å². The minimum atomic E-state index is -1.05. The zero-order valence-electron chi connectivity index (χ0n) is 14.6. The van der Waals surface area contributed by atoms with Gasteiger partial charge in [0.05, 0.1) is 5.56 Å². The first kappa shape index (κ1) is 18.5. The molecule has 1 aliphatic rings. The van der Waals surface area contributed by atoms with Gasteiger partial charge in [0.15, 0.2) is 11.6 Å². The van der Waals surface area contributed by atoms with Crippen LogP contribution in [-0.2, 0) is 0 Å². The van der Waals surface area contributed by atoms with Crippen molar-refractivity contribution in [1.29, 1.82) is 0 Å². The maximum absolute atomic E-state index is 14.4. The molecule has 1 aliphatic carbocycles. The van der Waals surface area contributed by atoms with E-state index in [1.807, 2.05) is 0 Å². The molecule has 0 atom stereocenters. The Labute approximate surface area is 151 Å². The van der Waals surface area contributed by atoms with Gasteiger partial charge >= 0.3 is 0 Å². The average Bonchev–Trinajstić information content (AvgIpc) is 2.64. The molecule has 0 spiro atoms. The molecule has 4 heteroatoms. The van der Waals surface area contributed by atoms with Crippen molar-refractivity contribution in [2.75, 3.05) is 0 Å². The molecule has 26 heavy (non-hydrogen) atoms. The van der Waals surface area contributed by atoms with Crippen molar-refractivity contribution in [2.45, 2.75) is 44.9 Å². The fraction of sp³-hybridized carbons (Fsp3) is 0.364. The first-order valence-corrected chi connectivity index (χ1v) is 8.94. The molecular weight excluding hydrogens is 340 g/mol. The molecule has 0 saturated heterocycles. The van der Waals surface area contributed by atoms with E-state index < -0.39 is 23.3 Å². The molecular formula is C22H20F4.